The van der Waals surface area contributed by atoms with Gasteiger partial charge in [-0.2, -0.15) is 0 Å². The second kappa shape index (κ2) is 3.67. The molecule has 1 aliphatic carbocycles. The Hall–Kier alpha value is -0.900. The first-order valence-electron chi connectivity index (χ1n) is 3.80. The molecule has 0 spiro atoms. The maximum atomic E-state index is 11.0. The zero-order valence-electron chi connectivity index (χ0n) is 7.20. The molecule has 0 heterocycles. The van der Waals surface area contributed by atoms with Gasteiger partial charge in [-0.15, -0.1) is 0 Å². The molecule has 0 saturated heterocycles. The van der Waals surface area contributed by atoms with Gasteiger partial charge in [0.2, 0.25) is 0 Å². The number of ether oxygens (including phenoxy) is 2. The Labute approximate surface area is 70.8 Å². The fourth-order valence-corrected chi connectivity index (χ4v) is 1.36. The van der Waals surface area contributed by atoms with E-state index in [9.17, 15) is 9.59 Å². The van der Waals surface area contributed by atoms with Crippen LogP contribution in [0.15, 0.2) is 0 Å². The van der Waals surface area contributed by atoms with Crippen molar-refractivity contribution in [2.75, 3.05) is 20.8 Å². The van der Waals surface area contributed by atoms with Crippen molar-refractivity contribution in [3.63, 3.8) is 0 Å². The van der Waals surface area contributed by atoms with Crippen LogP contribution in [0.5, 0.6) is 0 Å². The molecule has 4 heteroatoms. The minimum Gasteiger partial charge on any atom is -0.469 e. The monoisotopic (exact) mass is 172 g/mol. The maximum Gasteiger partial charge on any atom is 0.309 e. The van der Waals surface area contributed by atoms with E-state index in [4.69, 9.17) is 4.74 Å². The summed E-state index contributed by atoms with van der Waals surface area (Å²) in [5, 5.41) is 0. The molecule has 0 bridgehead atoms. The summed E-state index contributed by atoms with van der Waals surface area (Å²) in [4.78, 5) is 22.0. The predicted molar refractivity (Wildman–Crippen MR) is 40.5 cm³/mol. The Kier molecular flexibility index (Phi) is 2.81. The molecule has 0 aromatic rings. The highest BCUT2D eigenvalue weighted by molar-refractivity contribution is 5.96. The molecule has 12 heavy (non-hydrogen) atoms. The lowest BCUT2D eigenvalue weighted by atomic mass is 9.73. The van der Waals surface area contributed by atoms with Crippen molar-refractivity contribution in [1.29, 1.82) is 0 Å². The first-order valence-corrected chi connectivity index (χ1v) is 3.80. The summed E-state index contributed by atoms with van der Waals surface area (Å²) in [5.74, 6) is -0.770. The van der Waals surface area contributed by atoms with Crippen LogP contribution in [0.4, 0.5) is 0 Å². The van der Waals surface area contributed by atoms with E-state index in [2.05, 4.69) is 4.74 Å². The first kappa shape index (κ1) is 9.19. The van der Waals surface area contributed by atoms with Crippen molar-refractivity contribution in [1.82, 2.24) is 0 Å². The van der Waals surface area contributed by atoms with E-state index >= 15 is 0 Å². The van der Waals surface area contributed by atoms with Crippen LogP contribution in [0.3, 0.4) is 0 Å². The lowest BCUT2D eigenvalue weighted by molar-refractivity contribution is -0.160. The molecule has 1 saturated carbocycles. The molecular formula is C8H12O4. The summed E-state index contributed by atoms with van der Waals surface area (Å²) in [6.45, 7) is 0.318. The van der Waals surface area contributed by atoms with Gasteiger partial charge in [-0.05, 0) is 0 Å². The summed E-state index contributed by atoms with van der Waals surface area (Å²) in [7, 11) is 2.84. The minimum atomic E-state index is -0.309. The van der Waals surface area contributed by atoms with Crippen molar-refractivity contribution < 1.29 is 19.1 Å². The molecule has 0 aromatic carbocycles. The maximum absolute atomic E-state index is 11.0. The minimum absolute atomic E-state index is 0.0900. The molecule has 0 aliphatic heterocycles. The molecular weight excluding hydrogens is 160 g/mol. The molecule has 1 aliphatic rings. The summed E-state index contributed by atoms with van der Waals surface area (Å²) >= 11 is 0. The lowest BCUT2D eigenvalue weighted by Crippen LogP contribution is -2.44. The Morgan fingerprint density at radius 3 is 2.67 bits per heavy atom. The number of methoxy groups -OCH3 is 2. The third-order valence-corrected chi connectivity index (χ3v) is 2.17. The van der Waals surface area contributed by atoms with E-state index in [1.54, 1.807) is 0 Å². The van der Waals surface area contributed by atoms with E-state index in [-0.39, 0.29) is 23.6 Å². The summed E-state index contributed by atoms with van der Waals surface area (Å²) < 4.78 is 9.34. The number of ketones is 1. The zero-order chi connectivity index (χ0) is 9.14. The molecule has 4 nitrogen and oxygen atoms in total. The normalized spacial score (nSPS) is 28.0. The number of rotatable bonds is 3. The number of carbonyl (C=O) groups is 2. The van der Waals surface area contributed by atoms with Crippen LogP contribution in [0.1, 0.15) is 6.42 Å². The smallest absolute Gasteiger partial charge is 0.309 e. The molecule has 2 atom stereocenters. The average molecular weight is 172 g/mol. The van der Waals surface area contributed by atoms with Crippen LogP contribution in [0.25, 0.3) is 0 Å². The molecule has 0 unspecified atom stereocenters. The van der Waals surface area contributed by atoms with Crippen LogP contribution in [0.2, 0.25) is 0 Å². The van der Waals surface area contributed by atoms with Gasteiger partial charge in [0.1, 0.15) is 5.78 Å². The van der Waals surface area contributed by atoms with Crippen LogP contribution < -0.4 is 0 Å². The molecule has 0 aromatic heterocycles. The van der Waals surface area contributed by atoms with Crippen molar-refractivity contribution >= 4 is 11.8 Å². The third-order valence-electron chi connectivity index (χ3n) is 2.17. The van der Waals surface area contributed by atoms with Gasteiger partial charge < -0.3 is 9.47 Å². The second-order valence-corrected chi connectivity index (χ2v) is 2.86. The van der Waals surface area contributed by atoms with Gasteiger partial charge in [0.25, 0.3) is 0 Å². The Morgan fingerprint density at radius 1 is 1.58 bits per heavy atom. The second-order valence-electron chi connectivity index (χ2n) is 2.86. The summed E-state index contributed by atoms with van der Waals surface area (Å²) in [5.41, 5.74) is 0. The number of hydrogen-bond acceptors (Lipinski definition) is 4. The van der Waals surface area contributed by atoms with E-state index in [1.165, 1.54) is 14.2 Å². The van der Waals surface area contributed by atoms with E-state index < -0.39 is 0 Å². The highest BCUT2D eigenvalue weighted by atomic mass is 16.5. The van der Waals surface area contributed by atoms with Gasteiger partial charge >= 0.3 is 5.97 Å². The van der Waals surface area contributed by atoms with Crippen LogP contribution in [-0.4, -0.2) is 32.6 Å². The number of esters is 1. The molecule has 0 N–H and O–H groups in total. The highest BCUT2D eigenvalue weighted by Gasteiger charge is 2.44. The molecule has 68 valence electrons. The van der Waals surface area contributed by atoms with Crippen LogP contribution in [-0.2, 0) is 19.1 Å². The predicted octanol–water partition coefficient (Wildman–Crippen LogP) is 0.0110. The van der Waals surface area contributed by atoms with E-state index in [0.717, 1.165) is 0 Å². The zero-order valence-corrected chi connectivity index (χ0v) is 7.20. The molecule has 1 fully saturated rings. The van der Waals surface area contributed by atoms with E-state index in [0.29, 0.717) is 13.0 Å². The largest absolute Gasteiger partial charge is 0.469 e. The summed E-state index contributed by atoms with van der Waals surface area (Å²) in [6, 6.07) is 0. The number of carbonyl (C=O) groups excluding carboxylic acids is 2. The fraction of sp³-hybridized carbons (Fsp3) is 0.750. The topological polar surface area (TPSA) is 52.6 Å². The number of Topliss-reactive ketones (excluding diaryl/α,β-unsaturated/α-hetero) is 1. The van der Waals surface area contributed by atoms with Crippen LogP contribution in [0, 0.1) is 11.8 Å². The van der Waals surface area contributed by atoms with Gasteiger partial charge in [-0.3, -0.25) is 9.59 Å². The van der Waals surface area contributed by atoms with Crippen molar-refractivity contribution in [3.05, 3.63) is 0 Å². The fourth-order valence-electron chi connectivity index (χ4n) is 1.36. The Balaban J connectivity index is 2.47. The molecule has 0 radical (unpaired) electrons. The highest BCUT2D eigenvalue weighted by Crippen LogP contribution is 2.31. The van der Waals surface area contributed by atoms with Gasteiger partial charge in [-0.25, -0.2) is 0 Å². The SMILES string of the molecule is COC[C@@H]1C(=O)C[C@@H]1C(=O)OC. The van der Waals surface area contributed by atoms with Gasteiger partial charge in [-0.1, -0.05) is 0 Å². The number of hydrogen-bond donors (Lipinski definition) is 0. The lowest BCUT2D eigenvalue weighted by Gasteiger charge is -2.31. The van der Waals surface area contributed by atoms with Gasteiger partial charge in [0, 0.05) is 13.5 Å². The van der Waals surface area contributed by atoms with E-state index in [1.807, 2.05) is 0 Å². The third kappa shape index (κ3) is 1.48. The van der Waals surface area contributed by atoms with Gasteiger partial charge in [0.15, 0.2) is 0 Å². The van der Waals surface area contributed by atoms with Crippen molar-refractivity contribution in [3.8, 4) is 0 Å². The molecule has 1 rings (SSSR count). The average Bonchev–Trinajstić information content (AvgIpc) is 2.09. The van der Waals surface area contributed by atoms with Crippen LogP contribution >= 0.6 is 0 Å². The standard InChI is InChI=1S/C8H12O4/c1-11-4-6-5(3-7(6)9)8(10)12-2/h5-6H,3-4H2,1-2H3/t5-,6-/m0/s1. The Bertz CT molecular complexity index is 199. The quantitative estimate of drug-likeness (QED) is 0.563. The van der Waals surface area contributed by atoms with Crippen molar-refractivity contribution in [2.45, 2.75) is 6.42 Å². The molecule has 0 amide bonds. The van der Waals surface area contributed by atoms with Crippen molar-refractivity contribution in [2.24, 2.45) is 11.8 Å². The Morgan fingerprint density at radius 2 is 2.25 bits per heavy atom. The first-order chi connectivity index (χ1) is 5.70. The van der Waals surface area contributed by atoms with Gasteiger partial charge in [0.05, 0.1) is 25.6 Å². The summed E-state index contributed by atoms with van der Waals surface area (Å²) in [6.07, 6.45) is 0.306.